The van der Waals surface area contributed by atoms with Gasteiger partial charge in [-0.2, -0.15) is 0 Å². The monoisotopic (exact) mass is 463 g/mol. The molecule has 1 fully saturated rings. The van der Waals surface area contributed by atoms with Gasteiger partial charge in [-0.05, 0) is 56.4 Å². The molecular formula is C24H27FN3NaO4. The maximum absolute atomic E-state index is 13.9. The second-order valence-electron chi connectivity index (χ2n) is 9.30. The standard InChI is InChI=1S/C24H28FN3O4.Na/c1-24(2,3)32-23(31)28-11-10-27(14-19(28)22(29)30)21-18-7-5-4-6-15(18)8-9-16-12-17(25)13-26-20(16)21;/h4-7,12-13,19,21H,8-11,14H2,1-3H3,(H,29,30);/q;+1/p-1/t19-,21?;/m1./s1. The van der Waals surface area contributed by atoms with E-state index in [4.69, 9.17) is 4.74 Å². The molecule has 1 saturated heterocycles. The van der Waals surface area contributed by atoms with E-state index in [1.54, 1.807) is 20.8 Å². The summed E-state index contributed by atoms with van der Waals surface area (Å²) in [5.74, 6) is -1.73. The number of piperazine rings is 1. The Hall–Kier alpha value is -2.00. The van der Waals surface area contributed by atoms with Crippen LogP contribution in [0.25, 0.3) is 0 Å². The molecule has 9 heteroatoms. The first-order valence-electron chi connectivity index (χ1n) is 10.8. The van der Waals surface area contributed by atoms with Crippen molar-refractivity contribution in [2.75, 3.05) is 19.6 Å². The molecule has 2 atom stereocenters. The van der Waals surface area contributed by atoms with Gasteiger partial charge in [-0.3, -0.25) is 14.8 Å². The van der Waals surface area contributed by atoms with Gasteiger partial charge in [0.05, 0.1) is 29.9 Å². The molecule has 0 spiro atoms. The van der Waals surface area contributed by atoms with Crippen molar-refractivity contribution in [1.82, 2.24) is 14.8 Å². The predicted molar refractivity (Wildman–Crippen MR) is 113 cm³/mol. The van der Waals surface area contributed by atoms with Gasteiger partial charge in [-0.15, -0.1) is 0 Å². The number of rotatable bonds is 2. The van der Waals surface area contributed by atoms with Gasteiger partial charge in [0.2, 0.25) is 0 Å². The molecule has 1 aromatic heterocycles. The van der Waals surface area contributed by atoms with Crippen molar-refractivity contribution in [3.8, 4) is 0 Å². The average Bonchev–Trinajstić information content (AvgIpc) is 2.88. The van der Waals surface area contributed by atoms with Gasteiger partial charge in [0.15, 0.2) is 0 Å². The fraction of sp³-hybridized carbons (Fsp3) is 0.458. The van der Waals surface area contributed by atoms with Crippen molar-refractivity contribution < 1.29 is 53.4 Å². The second-order valence-corrected chi connectivity index (χ2v) is 9.30. The summed E-state index contributed by atoms with van der Waals surface area (Å²) in [6, 6.07) is 7.95. The number of benzene rings is 1. The molecule has 170 valence electrons. The Morgan fingerprint density at radius 2 is 1.85 bits per heavy atom. The number of pyridine rings is 1. The molecule has 0 bridgehead atoms. The first-order valence-corrected chi connectivity index (χ1v) is 10.8. The van der Waals surface area contributed by atoms with E-state index >= 15 is 0 Å². The van der Waals surface area contributed by atoms with Crippen molar-refractivity contribution in [1.29, 1.82) is 0 Å². The number of fused-ring (bicyclic) bond motifs is 2. The number of ether oxygens (including phenoxy) is 1. The molecule has 2 aliphatic rings. The van der Waals surface area contributed by atoms with Crippen molar-refractivity contribution in [3.63, 3.8) is 0 Å². The molecule has 1 aliphatic heterocycles. The summed E-state index contributed by atoms with van der Waals surface area (Å²) in [5, 5.41) is 12.0. The maximum Gasteiger partial charge on any atom is 1.00 e. The Balaban J connectivity index is 0.00000306. The summed E-state index contributed by atoms with van der Waals surface area (Å²) >= 11 is 0. The first kappa shape index (κ1) is 25.6. The fourth-order valence-electron chi connectivity index (χ4n) is 4.53. The number of carbonyl (C=O) groups is 2. The minimum absolute atomic E-state index is 0. The number of carboxylic acids is 1. The molecule has 1 unspecified atom stereocenters. The van der Waals surface area contributed by atoms with E-state index in [2.05, 4.69) is 4.98 Å². The van der Waals surface area contributed by atoms with Gasteiger partial charge in [-0.1, -0.05) is 24.3 Å². The van der Waals surface area contributed by atoms with E-state index in [9.17, 15) is 19.1 Å². The van der Waals surface area contributed by atoms with E-state index in [1.807, 2.05) is 29.2 Å². The van der Waals surface area contributed by atoms with Crippen LogP contribution in [0.3, 0.4) is 0 Å². The van der Waals surface area contributed by atoms with Crippen LogP contribution in [0.5, 0.6) is 0 Å². The molecule has 2 heterocycles. The Kier molecular flexibility index (Phi) is 7.84. The van der Waals surface area contributed by atoms with Gasteiger partial charge in [0.25, 0.3) is 0 Å². The molecule has 0 radical (unpaired) electrons. The smallest absolute Gasteiger partial charge is 0.548 e. The van der Waals surface area contributed by atoms with E-state index in [0.29, 0.717) is 13.0 Å². The zero-order valence-electron chi connectivity index (χ0n) is 19.5. The van der Waals surface area contributed by atoms with Crippen molar-refractivity contribution in [2.24, 2.45) is 0 Å². The van der Waals surface area contributed by atoms with Crippen LogP contribution in [0.1, 0.15) is 49.2 Å². The summed E-state index contributed by atoms with van der Waals surface area (Å²) in [7, 11) is 0. The number of hydrogen-bond acceptors (Lipinski definition) is 6. The summed E-state index contributed by atoms with van der Waals surface area (Å²) in [5.41, 5.74) is 2.94. The number of carbonyl (C=O) groups excluding carboxylic acids is 2. The van der Waals surface area contributed by atoms with Gasteiger partial charge in [0.1, 0.15) is 11.4 Å². The molecular weight excluding hydrogens is 436 g/mol. The number of aliphatic carboxylic acids is 1. The topological polar surface area (TPSA) is 85.8 Å². The molecule has 1 amide bonds. The van der Waals surface area contributed by atoms with Crippen LogP contribution in [0, 0.1) is 5.82 Å². The molecule has 1 aliphatic carbocycles. The van der Waals surface area contributed by atoms with E-state index in [-0.39, 0.29) is 48.7 Å². The molecule has 33 heavy (non-hydrogen) atoms. The number of amides is 1. The molecule has 7 nitrogen and oxygen atoms in total. The average molecular weight is 463 g/mol. The molecule has 0 N–H and O–H groups in total. The molecule has 0 saturated carbocycles. The van der Waals surface area contributed by atoms with Crippen LogP contribution in [0.4, 0.5) is 9.18 Å². The SMILES string of the molecule is CC(C)(C)OC(=O)N1CCN(C2c3ccccc3CCc3cc(F)cnc32)C[C@@H]1C(=O)[O-].[Na+]. The Morgan fingerprint density at radius 1 is 1.15 bits per heavy atom. The number of nitrogens with zero attached hydrogens (tertiary/aromatic N) is 3. The van der Waals surface area contributed by atoms with E-state index in [1.165, 1.54) is 17.2 Å². The summed E-state index contributed by atoms with van der Waals surface area (Å²) < 4.78 is 19.4. The van der Waals surface area contributed by atoms with Crippen LogP contribution >= 0.6 is 0 Å². The van der Waals surface area contributed by atoms with Crippen LogP contribution < -0.4 is 34.7 Å². The number of halogens is 1. The van der Waals surface area contributed by atoms with E-state index < -0.39 is 29.5 Å². The molecule has 1 aromatic carbocycles. The van der Waals surface area contributed by atoms with Crippen LogP contribution in [-0.4, -0.2) is 58.1 Å². The second kappa shape index (κ2) is 10.1. The first-order chi connectivity index (χ1) is 15.1. The Bertz CT molecular complexity index is 1040. The molecule has 2 aromatic rings. The van der Waals surface area contributed by atoms with Crippen molar-refractivity contribution >= 4 is 12.1 Å². The maximum atomic E-state index is 13.9. The normalized spacial score (nSPS) is 20.7. The minimum atomic E-state index is -1.34. The van der Waals surface area contributed by atoms with Gasteiger partial charge >= 0.3 is 35.7 Å². The minimum Gasteiger partial charge on any atom is -0.548 e. The summed E-state index contributed by atoms with van der Waals surface area (Å²) in [6.45, 7) is 5.85. The van der Waals surface area contributed by atoms with Crippen LogP contribution in [-0.2, 0) is 22.4 Å². The Labute approximate surface area is 215 Å². The summed E-state index contributed by atoms with van der Waals surface area (Å²) in [6.07, 6.45) is 1.92. The van der Waals surface area contributed by atoms with Crippen molar-refractivity contribution in [2.45, 2.75) is 51.3 Å². The molecule has 4 rings (SSSR count). The third-order valence-corrected chi connectivity index (χ3v) is 5.92. The fourth-order valence-corrected chi connectivity index (χ4v) is 4.53. The number of aromatic nitrogens is 1. The van der Waals surface area contributed by atoms with Crippen LogP contribution in [0.2, 0.25) is 0 Å². The zero-order chi connectivity index (χ0) is 23.0. The third-order valence-electron chi connectivity index (χ3n) is 5.92. The Morgan fingerprint density at radius 3 is 2.55 bits per heavy atom. The van der Waals surface area contributed by atoms with Gasteiger partial charge in [-0.25, -0.2) is 9.18 Å². The quantitative estimate of drug-likeness (QED) is 0.536. The van der Waals surface area contributed by atoms with E-state index in [0.717, 1.165) is 28.8 Å². The van der Waals surface area contributed by atoms with Gasteiger partial charge < -0.3 is 14.6 Å². The van der Waals surface area contributed by atoms with Crippen molar-refractivity contribution in [3.05, 3.63) is 64.7 Å². The number of aryl methyl sites for hydroxylation is 2. The largest absolute Gasteiger partial charge is 1.00 e. The number of hydrogen-bond donors (Lipinski definition) is 0. The van der Waals surface area contributed by atoms with Crippen LogP contribution in [0.15, 0.2) is 36.5 Å². The summed E-state index contributed by atoms with van der Waals surface area (Å²) in [4.78, 5) is 32.3. The van der Waals surface area contributed by atoms with Gasteiger partial charge in [0, 0.05) is 19.6 Å². The zero-order valence-corrected chi connectivity index (χ0v) is 21.5. The number of carboxylic acid groups (broad SMARTS) is 1. The predicted octanol–water partition coefficient (Wildman–Crippen LogP) is -0.916. The third kappa shape index (κ3) is 5.57.